The fraction of sp³-hybridized carbons (Fsp3) is 0.217. The minimum Gasteiger partial charge on any atom is -0.393 e. The second-order valence-corrected chi connectivity index (χ2v) is 7.74. The number of allylic oxidation sites excluding steroid dienone is 2. The Hall–Kier alpha value is -3.34. The van der Waals surface area contributed by atoms with Crippen molar-refractivity contribution in [2.45, 2.75) is 19.3 Å². The number of aromatic amines is 1. The molecule has 3 aromatic rings. The lowest BCUT2D eigenvalue weighted by Crippen LogP contribution is -2.43. The minimum atomic E-state index is -0.111. The molecule has 5 nitrogen and oxygen atoms in total. The molecule has 5 heteroatoms. The van der Waals surface area contributed by atoms with Gasteiger partial charge in [-0.15, -0.1) is 0 Å². The topological polar surface area (TPSA) is 69.8 Å². The highest BCUT2D eigenvalue weighted by atomic mass is 16.1. The number of rotatable bonds is 4. The first-order valence-electron chi connectivity index (χ1n) is 9.35. The molecule has 0 unspecified atom stereocenters. The standard InChI is InChI=1S/C23H24N4O.2H2/c1-5-14(10-24-4)16-8-18-19(12-26-21(18)25-11-16)15-6-7-17-20(9-15)23(2,3)13-27-22(17)28;;/h5-12,24H,1,13H2,2-4H3,(H,25,26)(H,27,28);2*1H/b14-10+;;. The van der Waals surface area contributed by atoms with Crippen molar-refractivity contribution in [3.05, 3.63) is 72.2 Å². The molecule has 1 aromatic carbocycles. The number of hydrogen-bond donors (Lipinski definition) is 3. The van der Waals surface area contributed by atoms with Gasteiger partial charge >= 0.3 is 0 Å². The molecule has 0 spiro atoms. The molecule has 2 aromatic heterocycles. The monoisotopic (exact) mass is 376 g/mol. The van der Waals surface area contributed by atoms with E-state index in [1.165, 1.54) is 0 Å². The maximum atomic E-state index is 12.2. The first-order valence-corrected chi connectivity index (χ1v) is 9.35. The Morgan fingerprint density at radius 2 is 2.14 bits per heavy atom. The molecule has 3 heterocycles. The fourth-order valence-corrected chi connectivity index (χ4v) is 3.78. The van der Waals surface area contributed by atoms with Gasteiger partial charge in [-0.2, -0.15) is 0 Å². The van der Waals surface area contributed by atoms with Crippen LogP contribution >= 0.6 is 0 Å². The highest BCUT2D eigenvalue weighted by Crippen LogP contribution is 2.36. The minimum absolute atomic E-state index is 0. The molecule has 1 aliphatic rings. The Labute approximate surface area is 167 Å². The van der Waals surface area contributed by atoms with E-state index in [-0.39, 0.29) is 14.2 Å². The second kappa shape index (κ2) is 6.68. The lowest BCUT2D eigenvalue weighted by atomic mass is 9.78. The maximum Gasteiger partial charge on any atom is 0.251 e. The van der Waals surface area contributed by atoms with Crippen LogP contribution in [0.15, 0.2) is 55.5 Å². The molecule has 28 heavy (non-hydrogen) atoms. The van der Waals surface area contributed by atoms with Crippen molar-refractivity contribution >= 4 is 22.5 Å². The van der Waals surface area contributed by atoms with E-state index in [1.54, 1.807) is 0 Å². The van der Waals surface area contributed by atoms with Gasteiger partial charge in [0.15, 0.2) is 0 Å². The van der Waals surface area contributed by atoms with Gasteiger partial charge in [-0.1, -0.05) is 32.6 Å². The summed E-state index contributed by atoms with van der Waals surface area (Å²) in [6, 6.07) is 8.19. The number of fused-ring (bicyclic) bond motifs is 2. The lowest BCUT2D eigenvalue weighted by molar-refractivity contribution is 0.0930. The number of nitrogens with zero attached hydrogens (tertiary/aromatic N) is 1. The number of nitrogens with one attached hydrogen (secondary N) is 3. The van der Waals surface area contributed by atoms with Crippen LogP contribution in [-0.2, 0) is 5.41 Å². The summed E-state index contributed by atoms with van der Waals surface area (Å²) in [7, 11) is 1.86. The van der Waals surface area contributed by atoms with E-state index in [0.717, 1.165) is 44.4 Å². The predicted molar refractivity (Wildman–Crippen MR) is 118 cm³/mol. The summed E-state index contributed by atoms with van der Waals surface area (Å²) in [5.74, 6) is -0.00316. The molecule has 1 amide bonds. The van der Waals surface area contributed by atoms with Gasteiger partial charge in [-0.25, -0.2) is 4.98 Å². The van der Waals surface area contributed by atoms with Crippen LogP contribution in [0.1, 0.15) is 38.2 Å². The van der Waals surface area contributed by atoms with Crippen LogP contribution in [0, 0.1) is 0 Å². The molecular formula is C23H28N4O. The number of carbonyl (C=O) groups is 1. The molecule has 0 atom stereocenters. The van der Waals surface area contributed by atoms with Crippen LogP contribution in [0.4, 0.5) is 0 Å². The van der Waals surface area contributed by atoms with Crippen molar-refractivity contribution in [1.82, 2.24) is 20.6 Å². The summed E-state index contributed by atoms with van der Waals surface area (Å²) >= 11 is 0. The van der Waals surface area contributed by atoms with E-state index in [9.17, 15) is 4.79 Å². The number of benzene rings is 1. The van der Waals surface area contributed by atoms with Crippen molar-refractivity contribution in [3.63, 3.8) is 0 Å². The normalized spacial score (nSPS) is 15.8. The average Bonchev–Trinajstić information content (AvgIpc) is 3.12. The Bertz CT molecular complexity index is 1130. The Kier molecular flexibility index (Phi) is 4.30. The van der Waals surface area contributed by atoms with Crippen LogP contribution in [-0.4, -0.2) is 29.5 Å². The SMILES string of the molecule is C=C/C(=C\NC)c1cnc2[nH]cc(-c3ccc4c(c3)C(C)(C)CNC4=O)c2c1.[HH].[HH]. The van der Waals surface area contributed by atoms with Crippen LogP contribution in [0.5, 0.6) is 0 Å². The van der Waals surface area contributed by atoms with Crippen molar-refractivity contribution in [2.75, 3.05) is 13.6 Å². The Morgan fingerprint density at radius 1 is 1.32 bits per heavy atom. The highest BCUT2D eigenvalue weighted by Gasteiger charge is 2.31. The number of pyridine rings is 1. The van der Waals surface area contributed by atoms with Gasteiger partial charge in [0.05, 0.1) is 0 Å². The second-order valence-electron chi connectivity index (χ2n) is 7.74. The largest absolute Gasteiger partial charge is 0.393 e. The number of carbonyl (C=O) groups excluding carboxylic acids is 1. The summed E-state index contributed by atoms with van der Waals surface area (Å²) in [4.78, 5) is 20.1. The molecule has 0 aliphatic carbocycles. The van der Waals surface area contributed by atoms with E-state index in [4.69, 9.17) is 0 Å². The average molecular weight is 377 g/mol. The zero-order valence-corrected chi connectivity index (χ0v) is 16.4. The molecule has 1 aliphatic heterocycles. The van der Waals surface area contributed by atoms with Crippen LogP contribution in [0.3, 0.4) is 0 Å². The van der Waals surface area contributed by atoms with E-state index < -0.39 is 0 Å². The molecule has 0 saturated carbocycles. The molecule has 146 valence electrons. The lowest BCUT2D eigenvalue weighted by Gasteiger charge is -2.32. The summed E-state index contributed by atoms with van der Waals surface area (Å²) in [6.45, 7) is 8.84. The van der Waals surface area contributed by atoms with Crippen LogP contribution in [0.25, 0.3) is 27.7 Å². The Morgan fingerprint density at radius 3 is 2.89 bits per heavy atom. The number of aromatic nitrogens is 2. The predicted octanol–water partition coefficient (Wildman–Crippen LogP) is 4.49. The smallest absolute Gasteiger partial charge is 0.251 e. The summed E-state index contributed by atoms with van der Waals surface area (Å²) in [5.41, 5.74) is 6.68. The van der Waals surface area contributed by atoms with Crippen LogP contribution in [0.2, 0.25) is 0 Å². The molecular weight excluding hydrogens is 348 g/mol. The number of hydrogen-bond acceptors (Lipinski definition) is 3. The van der Waals surface area contributed by atoms with Gasteiger partial charge < -0.3 is 15.6 Å². The number of H-pyrrole nitrogens is 1. The van der Waals surface area contributed by atoms with Crippen molar-refractivity contribution in [3.8, 4) is 11.1 Å². The van der Waals surface area contributed by atoms with E-state index >= 15 is 0 Å². The molecule has 4 rings (SSSR count). The first-order chi connectivity index (χ1) is 13.4. The zero-order chi connectivity index (χ0) is 19.9. The summed E-state index contributed by atoms with van der Waals surface area (Å²) in [6.07, 6.45) is 7.54. The van der Waals surface area contributed by atoms with E-state index in [2.05, 4.69) is 53.2 Å². The van der Waals surface area contributed by atoms with Gasteiger partial charge in [0.25, 0.3) is 5.91 Å². The van der Waals surface area contributed by atoms with Gasteiger partial charge in [0.2, 0.25) is 0 Å². The van der Waals surface area contributed by atoms with Crippen molar-refractivity contribution in [1.29, 1.82) is 0 Å². The summed E-state index contributed by atoms with van der Waals surface area (Å²) < 4.78 is 0. The molecule has 0 saturated heterocycles. The maximum absolute atomic E-state index is 12.2. The van der Waals surface area contributed by atoms with Gasteiger partial charge in [0, 0.05) is 62.5 Å². The Balaban J connectivity index is 0.00000160. The van der Waals surface area contributed by atoms with Gasteiger partial charge in [-0.05, 0) is 34.9 Å². The molecule has 3 N–H and O–H groups in total. The first kappa shape index (κ1) is 18.0. The van der Waals surface area contributed by atoms with Crippen molar-refractivity contribution in [2.24, 2.45) is 0 Å². The van der Waals surface area contributed by atoms with E-state index in [0.29, 0.717) is 6.54 Å². The van der Waals surface area contributed by atoms with Crippen molar-refractivity contribution < 1.29 is 7.65 Å². The third-order valence-electron chi connectivity index (χ3n) is 5.38. The third-order valence-corrected chi connectivity index (χ3v) is 5.38. The van der Waals surface area contributed by atoms with Gasteiger partial charge in [-0.3, -0.25) is 4.79 Å². The molecule has 0 bridgehead atoms. The zero-order valence-electron chi connectivity index (χ0n) is 16.4. The number of amides is 1. The quantitative estimate of drug-likeness (QED) is 0.588. The third kappa shape index (κ3) is 2.89. The van der Waals surface area contributed by atoms with E-state index in [1.807, 2.05) is 43.9 Å². The molecule has 0 radical (unpaired) electrons. The van der Waals surface area contributed by atoms with Crippen LogP contribution < -0.4 is 10.6 Å². The van der Waals surface area contributed by atoms with Gasteiger partial charge in [0.1, 0.15) is 5.65 Å². The fourth-order valence-electron chi connectivity index (χ4n) is 3.78. The molecule has 0 fully saturated rings. The summed E-state index contributed by atoms with van der Waals surface area (Å²) in [5, 5.41) is 7.06. The highest BCUT2D eigenvalue weighted by molar-refractivity contribution is 6.00.